The summed E-state index contributed by atoms with van der Waals surface area (Å²) in [6.07, 6.45) is 7.63. The Balaban J connectivity index is 0.00000192. The van der Waals surface area contributed by atoms with Crippen molar-refractivity contribution in [3.05, 3.63) is 59.9 Å². The molecule has 2 aromatic carbocycles. The zero-order valence-electron chi connectivity index (χ0n) is 13.9. The van der Waals surface area contributed by atoms with Crippen molar-refractivity contribution in [1.29, 1.82) is 0 Å². The Morgan fingerprint density at radius 1 is 1.04 bits per heavy atom. The molecule has 0 spiro atoms. The quantitative estimate of drug-likeness (QED) is 0.563. The van der Waals surface area contributed by atoms with Gasteiger partial charge in [-0.3, -0.25) is 0 Å². The van der Waals surface area contributed by atoms with E-state index in [-0.39, 0.29) is 38.5 Å². The van der Waals surface area contributed by atoms with Crippen LogP contribution in [-0.2, 0) is 39.1 Å². The summed E-state index contributed by atoms with van der Waals surface area (Å²) in [5.74, 6) is 1.63. The molecule has 0 bridgehead atoms. The number of hydrogen-bond donors (Lipinski definition) is 0. The topological polar surface area (TPSA) is 0 Å². The van der Waals surface area contributed by atoms with E-state index in [9.17, 15) is 4.39 Å². The standard InChI is InChI=1S/C21H24F.Y/c1-16-7-9-17(10-8-16)11-12-18-13-14-20(21(22)15-18)19-5-3-2-4-6-19;/h3-6,13-17H,7-12H2,1H3;/q-1;+3. The first-order valence-electron chi connectivity index (χ1n) is 8.47. The maximum atomic E-state index is 14.3. The molecule has 1 aliphatic carbocycles. The predicted molar refractivity (Wildman–Crippen MR) is 90.1 cm³/mol. The van der Waals surface area contributed by atoms with Crippen LogP contribution in [0.25, 0.3) is 11.1 Å². The summed E-state index contributed by atoms with van der Waals surface area (Å²) in [6.45, 7) is 2.35. The SMILES string of the molecule is CC1CCC(CCc2ccc(-c3cc[c-]cc3)c(F)c2)CC1.[Y+3]. The van der Waals surface area contributed by atoms with E-state index >= 15 is 0 Å². The van der Waals surface area contributed by atoms with Gasteiger partial charge in [0.15, 0.2) is 0 Å². The minimum absolute atomic E-state index is 0. The van der Waals surface area contributed by atoms with Gasteiger partial charge in [-0.25, -0.2) is 4.39 Å². The number of benzene rings is 2. The van der Waals surface area contributed by atoms with Gasteiger partial charge in [-0.15, -0.1) is 5.56 Å². The molecule has 116 valence electrons. The van der Waals surface area contributed by atoms with E-state index in [2.05, 4.69) is 19.1 Å². The number of aryl methyl sites for hydroxylation is 1. The number of rotatable bonds is 4. The third kappa shape index (κ3) is 5.23. The van der Waals surface area contributed by atoms with Crippen molar-refractivity contribution in [1.82, 2.24) is 0 Å². The smallest absolute Gasteiger partial charge is 0.206 e. The van der Waals surface area contributed by atoms with Crippen molar-refractivity contribution in [2.75, 3.05) is 0 Å². The fourth-order valence-electron chi connectivity index (χ4n) is 3.50. The molecule has 0 N–H and O–H groups in total. The predicted octanol–water partition coefficient (Wildman–Crippen LogP) is 6.05. The van der Waals surface area contributed by atoms with E-state index in [1.807, 2.05) is 30.3 Å². The molecule has 0 nitrogen and oxygen atoms in total. The fraction of sp³-hybridized carbons (Fsp3) is 0.429. The molecule has 0 amide bonds. The van der Waals surface area contributed by atoms with E-state index in [4.69, 9.17) is 0 Å². The van der Waals surface area contributed by atoms with E-state index in [1.165, 1.54) is 32.1 Å². The van der Waals surface area contributed by atoms with Gasteiger partial charge in [-0.05, 0) is 41.9 Å². The third-order valence-corrected chi connectivity index (χ3v) is 5.04. The van der Waals surface area contributed by atoms with Gasteiger partial charge in [0.25, 0.3) is 0 Å². The Bertz CT molecular complexity index is 600. The van der Waals surface area contributed by atoms with Gasteiger partial charge in [0.05, 0.1) is 0 Å². The van der Waals surface area contributed by atoms with Gasteiger partial charge in [0.2, 0.25) is 0 Å². The van der Waals surface area contributed by atoms with Crippen LogP contribution >= 0.6 is 0 Å². The first-order chi connectivity index (χ1) is 10.7. The van der Waals surface area contributed by atoms with Crippen LogP contribution in [0, 0.1) is 23.7 Å². The summed E-state index contributed by atoms with van der Waals surface area (Å²) in [4.78, 5) is 0. The molecule has 2 heteroatoms. The Labute approximate surface area is 164 Å². The van der Waals surface area contributed by atoms with Crippen LogP contribution in [0.3, 0.4) is 0 Å². The first-order valence-corrected chi connectivity index (χ1v) is 8.47. The summed E-state index contributed by atoms with van der Waals surface area (Å²) < 4.78 is 14.3. The maximum absolute atomic E-state index is 14.3. The molecule has 0 atom stereocenters. The average molecular weight is 384 g/mol. The van der Waals surface area contributed by atoms with Gasteiger partial charge in [-0.2, -0.15) is 30.3 Å². The van der Waals surface area contributed by atoms with Crippen molar-refractivity contribution in [2.24, 2.45) is 11.8 Å². The first kappa shape index (κ1) is 18.8. The molecular weight excluding hydrogens is 360 g/mol. The van der Waals surface area contributed by atoms with E-state index in [0.717, 1.165) is 29.4 Å². The second kappa shape index (κ2) is 9.09. The summed E-state index contributed by atoms with van der Waals surface area (Å²) in [5, 5.41) is 0. The molecule has 0 saturated heterocycles. The average Bonchev–Trinajstić information content (AvgIpc) is 2.55. The summed E-state index contributed by atoms with van der Waals surface area (Å²) in [6, 6.07) is 16.2. The van der Waals surface area contributed by atoms with Gasteiger partial charge in [0.1, 0.15) is 5.82 Å². The van der Waals surface area contributed by atoms with Crippen LogP contribution < -0.4 is 0 Å². The summed E-state index contributed by atoms with van der Waals surface area (Å²) >= 11 is 0. The van der Waals surface area contributed by atoms with Crippen molar-refractivity contribution < 1.29 is 37.1 Å². The summed E-state index contributed by atoms with van der Waals surface area (Å²) in [5.41, 5.74) is 2.73. The van der Waals surface area contributed by atoms with Crippen molar-refractivity contribution in [3.8, 4) is 11.1 Å². The molecule has 2 aromatic rings. The van der Waals surface area contributed by atoms with E-state index in [0.29, 0.717) is 5.56 Å². The normalized spacial score (nSPS) is 20.8. The largest absolute Gasteiger partial charge is 3.00 e. The maximum Gasteiger partial charge on any atom is 3.00 e. The molecule has 0 unspecified atom stereocenters. The molecule has 0 radical (unpaired) electrons. The second-order valence-corrected chi connectivity index (χ2v) is 6.77. The van der Waals surface area contributed by atoms with Crippen molar-refractivity contribution >= 4 is 0 Å². The number of hydrogen-bond acceptors (Lipinski definition) is 0. The Morgan fingerprint density at radius 3 is 2.39 bits per heavy atom. The number of halogens is 1. The molecule has 23 heavy (non-hydrogen) atoms. The van der Waals surface area contributed by atoms with Crippen LogP contribution in [-0.4, -0.2) is 0 Å². The summed E-state index contributed by atoms with van der Waals surface area (Å²) in [7, 11) is 0. The molecular formula is C21H24FY+2. The van der Waals surface area contributed by atoms with E-state index < -0.39 is 0 Å². The minimum Gasteiger partial charge on any atom is -0.206 e. The molecule has 1 fully saturated rings. The van der Waals surface area contributed by atoms with E-state index in [1.54, 1.807) is 6.07 Å². The Hall–Kier alpha value is -0.526. The molecule has 3 rings (SSSR count). The zero-order valence-corrected chi connectivity index (χ0v) is 16.7. The van der Waals surface area contributed by atoms with Crippen LogP contribution in [0.4, 0.5) is 4.39 Å². The molecule has 0 heterocycles. The van der Waals surface area contributed by atoms with Gasteiger partial charge < -0.3 is 0 Å². The molecule has 1 aliphatic rings. The molecule has 0 aromatic heterocycles. The van der Waals surface area contributed by atoms with Crippen LogP contribution in [0.15, 0.2) is 42.5 Å². The second-order valence-electron chi connectivity index (χ2n) is 6.77. The van der Waals surface area contributed by atoms with Gasteiger partial charge >= 0.3 is 32.7 Å². The minimum atomic E-state index is -0.110. The van der Waals surface area contributed by atoms with Crippen molar-refractivity contribution in [3.63, 3.8) is 0 Å². The molecule has 0 aliphatic heterocycles. The fourth-order valence-corrected chi connectivity index (χ4v) is 3.50. The molecule has 1 saturated carbocycles. The van der Waals surface area contributed by atoms with Crippen LogP contribution in [0.1, 0.15) is 44.6 Å². The van der Waals surface area contributed by atoms with Crippen molar-refractivity contribution in [2.45, 2.75) is 45.4 Å². The monoisotopic (exact) mass is 384 g/mol. The van der Waals surface area contributed by atoms with Gasteiger partial charge in [-0.1, -0.05) is 44.7 Å². The Kier molecular flexibility index (Phi) is 7.43. The zero-order chi connectivity index (χ0) is 15.4. The Morgan fingerprint density at radius 2 is 1.74 bits per heavy atom. The van der Waals surface area contributed by atoms with Gasteiger partial charge in [0, 0.05) is 0 Å². The third-order valence-electron chi connectivity index (χ3n) is 5.04. The van der Waals surface area contributed by atoms with Crippen LogP contribution in [0.2, 0.25) is 0 Å². The van der Waals surface area contributed by atoms with Crippen LogP contribution in [0.5, 0.6) is 0 Å².